The summed E-state index contributed by atoms with van der Waals surface area (Å²) in [5.41, 5.74) is 0. The fraction of sp³-hybridized carbons (Fsp3) is 0.750. The Labute approximate surface area is 90.9 Å². The zero-order chi connectivity index (χ0) is 6.99. The van der Waals surface area contributed by atoms with Crippen LogP contribution < -0.4 is 37.7 Å². The molecule has 10 heavy (non-hydrogen) atoms. The van der Waals surface area contributed by atoms with Crippen molar-refractivity contribution in [2.24, 2.45) is 5.92 Å². The second-order valence-corrected chi connectivity index (χ2v) is 2.25. The number of rotatable bonds is 1. The van der Waals surface area contributed by atoms with Gasteiger partial charge in [-0.05, 0) is 0 Å². The molecule has 2 heteroatoms. The molecular formula is C8H18Li2. The minimum absolute atomic E-state index is 0. The predicted octanol–water partition coefficient (Wildman–Crippen LogP) is -2.89. The van der Waals surface area contributed by atoms with Gasteiger partial charge >= 0.3 is 37.7 Å². The van der Waals surface area contributed by atoms with E-state index in [-0.39, 0.29) is 37.7 Å². The van der Waals surface area contributed by atoms with Gasteiger partial charge in [-0.15, -0.1) is 0 Å². The van der Waals surface area contributed by atoms with Crippen molar-refractivity contribution in [3.8, 4) is 0 Å². The first kappa shape index (κ1) is 22.5. The van der Waals surface area contributed by atoms with E-state index in [1.54, 1.807) is 0 Å². The van der Waals surface area contributed by atoms with Gasteiger partial charge in [-0.2, -0.15) is 12.3 Å². The van der Waals surface area contributed by atoms with Crippen LogP contribution in [0.3, 0.4) is 0 Å². The quantitative estimate of drug-likeness (QED) is 0.262. The van der Waals surface area contributed by atoms with Crippen LogP contribution in [0.1, 0.15) is 33.6 Å². The van der Waals surface area contributed by atoms with Gasteiger partial charge in [-0.3, -0.25) is 0 Å². The van der Waals surface area contributed by atoms with Crippen molar-refractivity contribution in [2.75, 3.05) is 0 Å². The Morgan fingerprint density at radius 3 is 1.30 bits per heavy atom. The molecule has 0 fully saturated rings. The average molecular weight is 128 g/mol. The molecule has 0 amide bonds. The van der Waals surface area contributed by atoms with Crippen LogP contribution in [0.15, 0.2) is 0 Å². The molecule has 0 unspecified atom stereocenters. The first-order valence-corrected chi connectivity index (χ1v) is 3.27. The summed E-state index contributed by atoms with van der Waals surface area (Å²) in [6.45, 7) is 13.5. The Kier molecular flexibility index (Phi) is 50.5. The van der Waals surface area contributed by atoms with Crippen LogP contribution >= 0.6 is 0 Å². The van der Waals surface area contributed by atoms with Crippen molar-refractivity contribution in [1.29, 1.82) is 0 Å². The molecule has 0 heterocycles. The van der Waals surface area contributed by atoms with E-state index < -0.39 is 0 Å². The van der Waals surface area contributed by atoms with E-state index in [2.05, 4.69) is 34.6 Å². The van der Waals surface area contributed by atoms with Crippen LogP contribution in [0.5, 0.6) is 0 Å². The summed E-state index contributed by atoms with van der Waals surface area (Å²) in [4.78, 5) is 0. The summed E-state index contributed by atoms with van der Waals surface area (Å²) >= 11 is 0. The third-order valence-corrected chi connectivity index (χ3v) is 0.354. The third-order valence-electron chi connectivity index (χ3n) is 0.354. The van der Waals surface area contributed by atoms with Gasteiger partial charge in [0, 0.05) is 0 Å². The van der Waals surface area contributed by atoms with Gasteiger partial charge in [0.2, 0.25) is 0 Å². The second-order valence-electron chi connectivity index (χ2n) is 2.25. The topological polar surface area (TPSA) is 0 Å². The van der Waals surface area contributed by atoms with Gasteiger partial charge in [0.05, 0.1) is 0 Å². The molecule has 0 aliphatic carbocycles. The Balaban J connectivity index is -0.0000000300. The van der Waals surface area contributed by atoms with Crippen molar-refractivity contribution in [2.45, 2.75) is 33.6 Å². The van der Waals surface area contributed by atoms with E-state index in [0.29, 0.717) is 5.92 Å². The molecule has 52 valence electrons. The molecule has 0 spiro atoms. The molecule has 0 aliphatic heterocycles. The standard InChI is InChI=1S/2C4H9.2Li/c1-4(2)3;1-3-4-2;;/h4H,1H2,2-3H3;1,3-4H2,2H3;;/q2*-1;2*+1. The Bertz CT molecular complexity index is 23.7. The summed E-state index contributed by atoms with van der Waals surface area (Å²) in [5.74, 6) is 0.583. The van der Waals surface area contributed by atoms with Gasteiger partial charge in [0.25, 0.3) is 0 Å². The number of hydrogen-bond donors (Lipinski definition) is 0. The van der Waals surface area contributed by atoms with E-state index in [1.165, 1.54) is 6.42 Å². The predicted molar refractivity (Wildman–Crippen MR) is 40.5 cm³/mol. The van der Waals surface area contributed by atoms with Gasteiger partial charge in [0.1, 0.15) is 0 Å². The van der Waals surface area contributed by atoms with Crippen LogP contribution in [0.25, 0.3) is 0 Å². The van der Waals surface area contributed by atoms with E-state index in [4.69, 9.17) is 0 Å². The normalized spacial score (nSPS) is 6.60. The maximum Gasteiger partial charge on any atom is 1.00 e. The van der Waals surface area contributed by atoms with Crippen LogP contribution in [-0.4, -0.2) is 0 Å². The molecule has 0 aromatic rings. The molecule has 0 rings (SSSR count). The van der Waals surface area contributed by atoms with Crippen molar-refractivity contribution >= 4 is 0 Å². The molecule has 0 nitrogen and oxygen atoms in total. The summed E-state index contributed by atoms with van der Waals surface area (Å²) in [6, 6.07) is 0. The van der Waals surface area contributed by atoms with E-state index in [9.17, 15) is 0 Å². The van der Waals surface area contributed by atoms with Crippen LogP contribution in [0, 0.1) is 19.8 Å². The monoisotopic (exact) mass is 128 g/mol. The zero-order valence-electron chi connectivity index (χ0n) is 8.41. The summed E-state index contributed by atoms with van der Waals surface area (Å²) in [7, 11) is 0. The largest absolute Gasteiger partial charge is 1.00 e. The first-order chi connectivity index (χ1) is 3.65. The first-order valence-electron chi connectivity index (χ1n) is 3.27. The SMILES string of the molecule is [CH2-]C(C)C.[CH2-]CCC.[Li+].[Li+]. The fourth-order valence-electron chi connectivity index (χ4n) is 0. The molecular weight excluding hydrogens is 110 g/mol. The van der Waals surface area contributed by atoms with Crippen molar-refractivity contribution < 1.29 is 37.7 Å². The smallest absolute Gasteiger partial charge is 0.343 e. The summed E-state index contributed by atoms with van der Waals surface area (Å²) in [5, 5.41) is 0. The maximum atomic E-state index is 3.64. The zero-order valence-corrected chi connectivity index (χ0v) is 8.41. The van der Waals surface area contributed by atoms with Gasteiger partial charge in [-0.25, -0.2) is 0 Å². The Hall–Kier alpha value is 1.19. The molecule has 0 aromatic heterocycles. The minimum atomic E-state index is 0. The molecule has 0 aliphatic rings. The van der Waals surface area contributed by atoms with Gasteiger partial charge in [-0.1, -0.05) is 27.2 Å². The number of unbranched alkanes of at least 4 members (excludes halogenated alkanes) is 1. The summed E-state index contributed by atoms with van der Waals surface area (Å²) in [6.07, 6.45) is 2.28. The minimum Gasteiger partial charge on any atom is -0.343 e. The van der Waals surface area contributed by atoms with Gasteiger partial charge in [0.15, 0.2) is 0 Å². The average Bonchev–Trinajstić information content (AvgIpc) is 1.65. The van der Waals surface area contributed by atoms with Crippen molar-refractivity contribution in [3.05, 3.63) is 13.8 Å². The molecule has 0 atom stereocenters. The molecule has 0 aromatic carbocycles. The Morgan fingerprint density at radius 1 is 1.20 bits per heavy atom. The van der Waals surface area contributed by atoms with Crippen molar-refractivity contribution in [1.82, 2.24) is 0 Å². The van der Waals surface area contributed by atoms with E-state index in [0.717, 1.165) is 6.42 Å². The van der Waals surface area contributed by atoms with Gasteiger partial charge < -0.3 is 13.8 Å². The van der Waals surface area contributed by atoms with Crippen molar-refractivity contribution in [3.63, 3.8) is 0 Å². The third kappa shape index (κ3) is 128. The fourth-order valence-corrected chi connectivity index (χ4v) is 0. The second kappa shape index (κ2) is 22.5. The molecule has 0 saturated carbocycles. The van der Waals surface area contributed by atoms with E-state index >= 15 is 0 Å². The van der Waals surface area contributed by atoms with Crippen LogP contribution in [-0.2, 0) is 0 Å². The van der Waals surface area contributed by atoms with Crippen LogP contribution in [0.2, 0.25) is 0 Å². The summed E-state index contributed by atoms with van der Waals surface area (Å²) < 4.78 is 0. The molecule has 0 radical (unpaired) electrons. The number of hydrogen-bond acceptors (Lipinski definition) is 0. The molecule has 0 bridgehead atoms. The Morgan fingerprint density at radius 2 is 1.30 bits per heavy atom. The van der Waals surface area contributed by atoms with Crippen LogP contribution in [0.4, 0.5) is 0 Å². The maximum absolute atomic E-state index is 3.64. The van der Waals surface area contributed by atoms with E-state index in [1.807, 2.05) is 0 Å². The molecule has 0 saturated heterocycles. The molecule has 0 N–H and O–H groups in total.